The van der Waals surface area contributed by atoms with Gasteiger partial charge < -0.3 is 14.0 Å². The number of nitrogens with one attached hydrogen (secondary N) is 1. The van der Waals surface area contributed by atoms with Crippen molar-refractivity contribution in [1.82, 2.24) is 9.99 Å². The Morgan fingerprint density at radius 1 is 0.950 bits per heavy atom. The van der Waals surface area contributed by atoms with Crippen LogP contribution in [0.1, 0.15) is 22.5 Å². The van der Waals surface area contributed by atoms with Gasteiger partial charge in [0.2, 0.25) is 0 Å². The second-order valence-corrected chi connectivity index (χ2v) is 11.0. The molecule has 1 N–H and O–H groups in total. The molecule has 4 rings (SSSR count). The van der Waals surface area contributed by atoms with E-state index < -0.39 is 22.5 Å². The first-order chi connectivity index (χ1) is 19.1. The highest BCUT2D eigenvalue weighted by Gasteiger charge is 2.29. The van der Waals surface area contributed by atoms with Gasteiger partial charge in [-0.3, -0.25) is 9.10 Å². The Hall–Kier alpha value is -4.57. The maximum atomic E-state index is 13.6. The topological polar surface area (TPSA) is 102 Å². The summed E-state index contributed by atoms with van der Waals surface area (Å²) < 4.78 is 41.1. The van der Waals surface area contributed by atoms with Gasteiger partial charge in [0.1, 0.15) is 18.0 Å². The minimum absolute atomic E-state index is 0.0350. The van der Waals surface area contributed by atoms with E-state index in [-0.39, 0.29) is 16.3 Å². The van der Waals surface area contributed by atoms with Gasteiger partial charge in [-0.05, 0) is 68.8 Å². The van der Waals surface area contributed by atoms with Gasteiger partial charge in [-0.15, -0.1) is 0 Å². The van der Waals surface area contributed by atoms with E-state index in [4.69, 9.17) is 9.47 Å². The highest BCUT2D eigenvalue weighted by molar-refractivity contribution is 7.92. The number of aromatic nitrogens is 1. The third kappa shape index (κ3) is 6.02. The number of carbonyl (C=O) groups excluding carboxylic acids is 1. The molecule has 208 valence electrons. The fraction of sp³-hybridized carbons (Fsp3) is 0.200. The summed E-state index contributed by atoms with van der Waals surface area (Å²) in [7, 11) is -1.21. The van der Waals surface area contributed by atoms with Crippen LogP contribution in [0.15, 0.2) is 88.9 Å². The minimum atomic E-state index is -4.13. The summed E-state index contributed by atoms with van der Waals surface area (Å²) in [6.45, 7) is 5.49. The highest BCUT2D eigenvalue weighted by Crippen LogP contribution is 2.35. The molecule has 0 fully saturated rings. The molecule has 1 heterocycles. The van der Waals surface area contributed by atoms with Crippen LogP contribution in [0, 0.1) is 20.8 Å². The zero-order valence-corrected chi connectivity index (χ0v) is 23.9. The summed E-state index contributed by atoms with van der Waals surface area (Å²) in [6.07, 6.45) is 1.55. The second-order valence-electron chi connectivity index (χ2n) is 9.16. The molecule has 40 heavy (non-hydrogen) atoms. The number of benzene rings is 3. The lowest BCUT2D eigenvalue weighted by atomic mass is 10.2. The monoisotopic (exact) mass is 560 g/mol. The molecule has 0 saturated carbocycles. The first-order valence-corrected chi connectivity index (χ1v) is 14.0. The third-order valence-electron chi connectivity index (χ3n) is 6.40. The number of amides is 1. The molecule has 0 aliphatic carbocycles. The fourth-order valence-corrected chi connectivity index (χ4v) is 5.89. The SMILES string of the molecule is COc1ccc(N(CC(=O)N/N=C\c2cc(C)n(-c3cccc(C)c3)c2C)S(=O)(=O)c2ccccc2)c(OC)c1. The molecule has 0 saturated heterocycles. The summed E-state index contributed by atoms with van der Waals surface area (Å²) in [5, 5.41) is 4.13. The second kappa shape index (κ2) is 12.1. The molecule has 0 aliphatic heterocycles. The van der Waals surface area contributed by atoms with Crippen LogP contribution in [0.3, 0.4) is 0 Å². The molecule has 0 aliphatic rings. The van der Waals surface area contributed by atoms with Gasteiger partial charge in [0.25, 0.3) is 15.9 Å². The van der Waals surface area contributed by atoms with Crippen molar-refractivity contribution in [2.24, 2.45) is 5.10 Å². The van der Waals surface area contributed by atoms with Gasteiger partial charge in [-0.2, -0.15) is 5.10 Å². The number of hydrogen-bond acceptors (Lipinski definition) is 6. The third-order valence-corrected chi connectivity index (χ3v) is 8.17. The Balaban J connectivity index is 1.60. The Morgan fingerprint density at radius 3 is 2.38 bits per heavy atom. The largest absolute Gasteiger partial charge is 0.497 e. The lowest BCUT2D eigenvalue weighted by Crippen LogP contribution is -2.39. The van der Waals surface area contributed by atoms with Crippen molar-refractivity contribution in [3.05, 3.63) is 101 Å². The predicted molar refractivity (Wildman–Crippen MR) is 156 cm³/mol. The molecule has 0 bridgehead atoms. The molecule has 3 aromatic carbocycles. The van der Waals surface area contributed by atoms with Crippen molar-refractivity contribution < 1.29 is 22.7 Å². The van der Waals surface area contributed by atoms with E-state index in [1.54, 1.807) is 36.5 Å². The molecule has 0 radical (unpaired) electrons. The van der Waals surface area contributed by atoms with Crippen LogP contribution in [0.25, 0.3) is 5.69 Å². The van der Waals surface area contributed by atoms with Crippen LogP contribution in [0.5, 0.6) is 11.5 Å². The van der Waals surface area contributed by atoms with Crippen molar-refractivity contribution in [2.75, 3.05) is 25.1 Å². The number of ether oxygens (including phenoxy) is 2. The molecule has 10 heteroatoms. The van der Waals surface area contributed by atoms with Gasteiger partial charge in [0.05, 0.1) is 31.0 Å². The maximum Gasteiger partial charge on any atom is 0.264 e. The Bertz CT molecular complexity index is 1650. The molecule has 0 atom stereocenters. The van der Waals surface area contributed by atoms with Crippen molar-refractivity contribution in [3.63, 3.8) is 0 Å². The summed E-state index contributed by atoms with van der Waals surface area (Å²) in [5.74, 6) is 0.0924. The van der Waals surface area contributed by atoms with E-state index in [1.165, 1.54) is 32.4 Å². The Labute approximate surface area is 234 Å². The van der Waals surface area contributed by atoms with E-state index in [9.17, 15) is 13.2 Å². The van der Waals surface area contributed by atoms with Crippen molar-refractivity contribution in [2.45, 2.75) is 25.7 Å². The summed E-state index contributed by atoms with van der Waals surface area (Å²) >= 11 is 0. The summed E-state index contributed by atoms with van der Waals surface area (Å²) in [6, 6.07) is 22.7. The van der Waals surface area contributed by atoms with Crippen molar-refractivity contribution >= 4 is 27.8 Å². The van der Waals surface area contributed by atoms with Gasteiger partial charge in [0.15, 0.2) is 0 Å². The van der Waals surface area contributed by atoms with Crippen LogP contribution in [0.4, 0.5) is 5.69 Å². The normalized spacial score (nSPS) is 11.4. The van der Waals surface area contributed by atoms with Crippen molar-refractivity contribution in [1.29, 1.82) is 0 Å². The fourth-order valence-electron chi connectivity index (χ4n) is 4.43. The molecule has 4 aromatic rings. The number of methoxy groups -OCH3 is 2. The van der Waals surface area contributed by atoms with Crippen LogP contribution >= 0.6 is 0 Å². The number of nitrogens with zero attached hydrogens (tertiary/aromatic N) is 3. The van der Waals surface area contributed by atoms with Crippen LogP contribution in [-0.2, 0) is 14.8 Å². The average Bonchev–Trinajstić information content (AvgIpc) is 3.24. The first kappa shape index (κ1) is 28.4. The molecular formula is C30H32N4O5S. The van der Waals surface area contributed by atoms with Crippen molar-refractivity contribution in [3.8, 4) is 17.2 Å². The zero-order valence-electron chi connectivity index (χ0n) is 23.1. The molecule has 1 amide bonds. The first-order valence-electron chi connectivity index (χ1n) is 12.5. The van der Waals surface area contributed by atoms with Gasteiger partial charge in [0, 0.05) is 28.7 Å². The molecule has 0 unspecified atom stereocenters. The number of carbonyl (C=O) groups is 1. The Morgan fingerprint density at radius 2 is 1.70 bits per heavy atom. The summed E-state index contributed by atoms with van der Waals surface area (Å²) in [5.41, 5.74) is 7.64. The van der Waals surface area contributed by atoms with Gasteiger partial charge in [-0.1, -0.05) is 30.3 Å². The lowest BCUT2D eigenvalue weighted by Gasteiger charge is -2.25. The van der Waals surface area contributed by atoms with E-state index in [2.05, 4.69) is 21.2 Å². The Kier molecular flexibility index (Phi) is 8.59. The standard InChI is InChI=1S/C30H32N4O5S/c1-21-10-9-11-25(16-21)34-22(2)17-24(23(34)3)19-31-32-30(35)20-33(40(36,37)27-12-7-6-8-13-27)28-15-14-26(38-4)18-29(28)39-5/h6-19H,20H2,1-5H3,(H,32,35)/b31-19-. The predicted octanol–water partition coefficient (Wildman–Crippen LogP) is 4.77. The van der Waals surface area contributed by atoms with E-state index in [0.717, 1.165) is 32.5 Å². The van der Waals surface area contributed by atoms with Gasteiger partial charge in [-0.25, -0.2) is 13.8 Å². The number of hydrazone groups is 1. The number of rotatable bonds is 10. The molecular weight excluding hydrogens is 528 g/mol. The number of anilines is 1. The number of sulfonamides is 1. The van der Waals surface area contributed by atoms with E-state index >= 15 is 0 Å². The van der Waals surface area contributed by atoms with Crippen LogP contribution in [-0.4, -0.2) is 45.9 Å². The van der Waals surface area contributed by atoms with Crippen LogP contribution in [0.2, 0.25) is 0 Å². The number of aryl methyl sites for hydroxylation is 2. The van der Waals surface area contributed by atoms with E-state index in [0.29, 0.717) is 5.75 Å². The zero-order chi connectivity index (χ0) is 28.9. The smallest absolute Gasteiger partial charge is 0.264 e. The average molecular weight is 561 g/mol. The van der Waals surface area contributed by atoms with Gasteiger partial charge >= 0.3 is 0 Å². The van der Waals surface area contributed by atoms with Crippen LogP contribution < -0.4 is 19.2 Å². The minimum Gasteiger partial charge on any atom is -0.497 e. The number of hydrogen-bond donors (Lipinski definition) is 1. The highest BCUT2D eigenvalue weighted by atomic mass is 32.2. The molecule has 0 spiro atoms. The molecule has 1 aromatic heterocycles. The maximum absolute atomic E-state index is 13.6. The lowest BCUT2D eigenvalue weighted by molar-refractivity contribution is -0.119. The summed E-state index contributed by atoms with van der Waals surface area (Å²) in [4.78, 5) is 13.1. The quantitative estimate of drug-likeness (QED) is 0.223. The van der Waals surface area contributed by atoms with E-state index in [1.807, 2.05) is 45.0 Å². The molecule has 9 nitrogen and oxygen atoms in total.